The van der Waals surface area contributed by atoms with Gasteiger partial charge >= 0.3 is 5.97 Å². The minimum atomic E-state index is -1.09. The number of fused-ring (bicyclic) bond motifs is 1. The number of methoxy groups -OCH3 is 1. The summed E-state index contributed by atoms with van der Waals surface area (Å²) in [5, 5.41) is 12.6. The molecule has 1 aliphatic heterocycles. The predicted octanol–water partition coefficient (Wildman–Crippen LogP) is 2.17. The first-order valence-corrected chi connectivity index (χ1v) is 10.9. The van der Waals surface area contributed by atoms with Crippen LogP contribution >= 0.6 is 0 Å². The Labute approximate surface area is 187 Å². The second kappa shape index (κ2) is 11.4. The van der Waals surface area contributed by atoms with E-state index in [-0.39, 0.29) is 11.9 Å². The Morgan fingerprint density at radius 3 is 2.56 bits per heavy atom. The number of para-hydroxylation sites is 2. The fraction of sp³-hybridized carbons (Fsp3) is 0.522. The molecule has 9 nitrogen and oxygen atoms in total. The lowest BCUT2D eigenvalue weighted by Gasteiger charge is -2.33. The highest BCUT2D eigenvalue weighted by Gasteiger charge is 2.32. The number of aromatic nitrogens is 2. The number of ether oxygens (including phenoxy) is 2. The second-order valence-electron chi connectivity index (χ2n) is 7.63. The van der Waals surface area contributed by atoms with E-state index in [1.165, 1.54) is 0 Å². The maximum atomic E-state index is 12.8. The molecule has 0 saturated carbocycles. The van der Waals surface area contributed by atoms with Crippen LogP contribution in [0.2, 0.25) is 0 Å². The first kappa shape index (κ1) is 23.4. The normalized spacial score (nSPS) is 15.2. The minimum absolute atomic E-state index is 0.154. The second-order valence-corrected chi connectivity index (χ2v) is 7.63. The van der Waals surface area contributed by atoms with E-state index in [0.717, 1.165) is 0 Å². The van der Waals surface area contributed by atoms with Crippen LogP contribution in [0, 0.1) is 17.2 Å². The van der Waals surface area contributed by atoms with E-state index in [0.29, 0.717) is 74.7 Å². The third-order valence-electron chi connectivity index (χ3n) is 5.48. The Hall–Kier alpha value is -3.25. The number of hydrogen-bond acceptors (Lipinski definition) is 8. The zero-order valence-electron chi connectivity index (χ0n) is 18.5. The summed E-state index contributed by atoms with van der Waals surface area (Å²) in [5.74, 6) is -1.31. The molecule has 9 heteroatoms. The first-order chi connectivity index (χ1) is 15.6. The third kappa shape index (κ3) is 5.51. The Bertz CT molecular complexity index is 982. The molecule has 1 saturated heterocycles. The van der Waals surface area contributed by atoms with E-state index < -0.39 is 11.8 Å². The van der Waals surface area contributed by atoms with Crippen molar-refractivity contribution in [1.29, 1.82) is 5.26 Å². The number of anilines is 1. The number of benzene rings is 1. The first-order valence-electron chi connectivity index (χ1n) is 10.9. The molecule has 170 valence electrons. The zero-order chi connectivity index (χ0) is 22.9. The summed E-state index contributed by atoms with van der Waals surface area (Å²) in [6, 6.07) is 9.49. The molecule has 0 aliphatic carbocycles. The molecular formula is C23H29N5O4. The highest BCUT2D eigenvalue weighted by molar-refractivity contribution is 5.88. The van der Waals surface area contributed by atoms with Crippen LogP contribution in [0.25, 0.3) is 11.0 Å². The number of hydrogen-bond donors (Lipinski definition) is 1. The van der Waals surface area contributed by atoms with Crippen LogP contribution in [-0.4, -0.2) is 61.8 Å². The van der Waals surface area contributed by atoms with E-state index >= 15 is 0 Å². The number of nitrogens with one attached hydrogen (secondary N) is 1. The molecular weight excluding hydrogens is 410 g/mol. The fourth-order valence-electron chi connectivity index (χ4n) is 3.79. The quantitative estimate of drug-likeness (QED) is 0.467. The van der Waals surface area contributed by atoms with Crippen molar-refractivity contribution in [2.24, 2.45) is 5.92 Å². The minimum Gasteiger partial charge on any atom is -0.466 e. The molecule has 0 bridgehead atoms. The van der Waals surface area contributed by atoms with Gasteiger partial charge in [0.15, 0.2) is 11.7 Å². The summed E-state index contributed by atoms with van der Waals surface area (Å²) >= 11 is 0. The van der Waals surface area contributed by atoms with Crippen molar-refractivity contribution in [1.82, 2.24) is 15.3 Å². The van der Waals surface area contributed by atoms with Crippen molar-refractivity contribution in [3.8, 4) is 6.07 Å². The zero-order valence-corrected chi connectivity index (χ0v) is 18.5. The molecule has 0 spiro atoms. The van der Waals surface area contributed by atoms with Gasteiger partial charge < -0.3 is 19.7 Å². The molecule has 1 fully saturated rings. The Kier molecular flexibility index (Phi) is 8.34. The number of esters is 1. The number of carbonyl (C=O) groups excluding carboxylic acids is 2. The summed E-state index contributed by atoms with van der Waals surface area (Å²) in [6.07, 6.45) is 1.89. The molecule has 0 unspecified atom stereocenters. The molecule has 2 heterocycles. The van der Waals surface area contributed by atoms with Gasteiger partial charge in [0.2, 0.25) is 5.91 Å². The average Bonchev–Trinajstić information content (AvgIpc) is 2.82. The van der Waals surface area contributed by atoms with Gasteiger partial charge in [0.25, 0.3) is 0 Å². The Balaban J connectivity index is 1.87. The lowest BCUT2D eigenvalue weighted by molar-refractivity contribution is -0.148. The van der Waals surface area contributed by atoms with E-state index in [2.05, 4.69) is 16.4 Å². The molecule has 1 aliphatic rings. The van der Waals surface area contributed by atoms with Crippen molar-refractivity contribution >= 4 is 28.7 Å². The molecule has 1 aromatic heterocycles. The van der Waals surface area contributed by atoms with E-state index in [1.54, 1.807) is 14.0 Å². The van der Waals surface area contributed by atoms with Gasteiger partial charge in [-0.25, -0.2) is 9.97 Å². The molecule has 2 aromatic rings. The van der Waals surface area contributed by atoms with Crippen LogP contribution in [0.4, 0.5) is 5.82 Å². The van der Waals surface area contributed by atoms with Gasteiger partial charge in [0, 0.05) is 33.4 Å². The van der Waals surface area contributed by atoms with Gasteiger partial charge in [-0.1, -0.05) is 12.1 Å². The predicted molar refractivity (Wildman–Crippen MR) is 119 cm³/mol. The molecule has 3 rings (SSSR count). The summed E-state index contributed by atoms with van der Waals surface area (Å²) < 4.78 is 10.2. The van der Waals surface area contributed by atoms with E-state index in [4.69, 9.17) is 14.5 Å². The van der Waals surface area contributed by atoms with Crippen LogP contribution in [-0.2, 0) is 19.1 Å². The molecule has 0 radical (unpaired) electrons. The van der Waals surface area contributed by atoms with Crippen molar-refractivity contribution in [3.63, 3.8) is 0 Å². The van der Waals surface area contributed by atoms with Crippen molar-refractivity contribution < 1.29 is 19.1 Å². The van der Waals surface area contributed by atoms with Crippen molar-refractivity contribution in [2.75, 3.05) is 44.9 Å². The molecule has 1 amide bonds. The summed E-state index contributed by atoms with van der Waals surface area (Å²) in [5.41, 5.74) is 1.65. The lowest BCUT2D eigenvalue weighted by Crippen LogP contribution is -2.39. The van der Waals surface area contributed by atoms with Gasteiger partial charge in [0.05, 0.1) is 29.6 Å². The summed E-state index contributed by atoms with van der Waals surface area (Å²) in [6.45, 7) is 4.23. The van der Waals surface area contributed by atoms with Gasteiger partial charge in [-0.15, -0.1) is 0 Å². The maximum absolute atomic E-state index is 12.8. The van der Waals surface area contributed by atoms with Crippen LogP contribution in [0.1, 0.15) is 37.8 Å². The number of nitriles is 1. The third-order valence-corrected chi connectivity index (χ3v) is 5.48. The van der Waals surface area contributed by atoms with Crippen molar-refractivity contribution in [2.45, 2.75) is 32.1 Å². The number of carbonyl (C=O) groups is 2. The highest BCUT2D eigenvalue weighted by atomic mass is 16.5. The van der Waals surface area contributed by atoms with Gasteiger partial charge in [-0.2, -0.15) is 5.26 Å². The topological polar surface area (TPSA) is 117 Å². The van der Waals surface area contributed by atoms with Crippen LogP contribution < -0.4 is 10.2 Å². The number of piperidine rings is 1. The largest absolute Gasteiger partial charge is 0.466 e. The van der Waals surface area contributed by atoms with Gasteiger partial charge in [-0.3, -0.25) is 9.59 Å². The van der Waals surface area contributed by atoms with Crippen LogP contribution in [0.15, 0.2) is 24.3 Å². The highest BCUT2D eigenvalue weighted by Crippen LogP contribution is 2.30. The molecule has 1 atom stereocenters. The smallest absolute Gasteiger partial charge is 0.309 e. The summed E-state index contributed by atoms with van der Waals surface area (Å²) in [4.78, 5) is 36.3. The maximum Gasteiger partial charge on any atom is 0.309 e. The number of rotatable bonds is 9. The van der Waals surface area contributed by atoms with Crippen LogP contribution in [0.3, 0.4) is 0 Å². The van der Waals surface area contributed by atoms with E-state index in [1.807, 2.05) is 29.2 Å². The fourth-order valence-corrected chi connectivity index (χ4v) is 3.79. The van der Waals surface area contributed by atoms with Gasteiger partial charge in [0.1, 0.15) is 5.69 Å². The average molecular weight is 440 g/mol. The summed E-state index contributed by atoms with van der Waals surface area (Å²) in [7, 11) is 1.60. The molecule has 32 heavy (non-hydrogen) atoms. The van der Waals surface area contributed by atoms with Gasteiger partial charge in [-0.05, 0) is 38.3 Å². The molecule has 1 aromatic carbocycles. The van der Waals surface area contributed by atoms with E-state index in [9.17, 15) is 14.9 Å². The van der Waals surface area contributed by atoms with Crippen molar-refractivity contribution in [3.05, 3.63) is 30.0 Å². The molecule has 1 N–H and O–H groups in total. The van der Waals surface area contributed by atoms with Crippen LogP contribution in [0.5, 0.6) is 0 Å². The monoisotopic (exact) mass is 439 g/mol. The Morgan fingerprint density at radius 2 is 1.94 bits per heavy atom. The standard InChI is InChI=1S/C23H29N5O4/c1-3-32-23(30)16-9-12-28(13-10-16)21-20(26-18-7-4-5-8-19(18)27-21)17(15-24)22(29)25-11-6-14-31-2/h4-5,7-8,16-17H,3,6,9-14H2,1-2H3,(H,25,29)/t17-/m1/s1. The Morgan fingerprint density at radius 1 is 1.25 bits per heavy atom. The lowest BCUT2D eigenvalue weighted by atomic mass is 9.96. The SMILES string of the molecule is CCOC(=O)C1CCN(c2nc3ccccc3nc2[C@@H](C#N)C(=O)NCCCOC)CC1. The number of amides is 1. The number of nitrogens with zero attached hydrogens (tertiary/aromatic N) is 4.